The average Bonchev–Trinajstić information content (AvgIpc) is 2.07. The summed E-state index contributed by atoms with van der Waals surface area (Å²) in [5.41, 5.74) is 7.34. The number of rotatable bonds is 0. The van der Waals surface area contributed by atoms with E-state index in [1.807, 2.05) is 0 Å². The van der Waals surface area contributed by atoms with Gasteiger partial charge in [-0.05, 0) is 0 Å². The van der Waals surface area contributed by atoms with Gasteiger partial charge < -0.3 is 0 Å². The van der Waals surface area contributed by atoms with E-state index in [4.69, 9.17) is 0 Å². The second kappa shape index (κ2) is 3.88. The third-order valence-electron chi connectivity index (χ3n) is 2.81. The van der Waals surface area contributed by atoms with Crippen molar-refractivity contribution < 1.29 is 31.1 Å². The summed E-state index contributed by atoms with van der Waals surface area (Å²) in [6.07, 6.45) is 0. The fourth-order valence-corrected chi connectivity index (χ4v) is 1.41. The summed E-state index contributed by atoms with van der Waals surface area (Å²) >= 11 is 0. The van der Waals surface area contributed by atoms with Crippen molar-refractivity contribution in [1.82, 2.24) is 0 Å². The molecule has 0 atom stereocenters. The van der Waals surface area contributed by atoms with E-state index in [0.717, 1.165) is 0 Å². The maximum Gasteiger partial charge on any atom is 0 e. The van der Waals surface area contributed by atoms with E-state index < -0.39 is 0 Å². The molecule has 0 bridgehead atoms. The minimum absolute atomic E-state index is 0. The molecule has 0 fully saturated rings. The first-order valence-corrected chi connectivity index (χ1v) is 3.75. The Kier molecular flexibility index (Phi) is 4.02. The van der Waals surface area contributed by atoms with Crippen LogP contribution in [0, 0.1) is 65.7 Å². The molecule has 1 heteroatoms. The molecule has 1 aromatic carbocycles. The molecule has 1 aromatic rings. The summed E-state index contributed by atoms with van der Waals surface area (Å²) in [6, 6.07) is 0. The molecule has 0 amide bonds. The van der Waals surface area contributed by atoms with Crippen molar-refractivity contribution in [3.05, 3.63) is 27.8 Å². The van der Waals surface area contributed by atoms with Gasteiger partial charge in [0.1, 0.15) is 0 Å². The van der Waals surface area contributed by atoms with Crippen LogP contribution in [0.25, 0.3) is 0 Å². The average molecular weight is 373 g/mol. The molecule has 0 unspecified atom stereocenters. The molecule has 0 nitrogen and oxygen atoms in total. The van der Waals surface area contributed by atoms with Crippen molar-refractivity contribution in [3.63, 3.8) is 0 Å². The van der Waals surface area contributed by atoms with Crippen molar-refractivity contribution in [2.24, 2.45) is 0 Å². The standard InChI is InChI=1S/C10H15.U/c1-6-7(2)9(4)10(5)8(6)3;/h1-5H3;/q-1;. The van der Waals surface area contributed by atoms with Gasteiger partial charge in [-0.3, -0.25) is 0 Å². The first-order valence-electron chi connectivity index (χ1n) is 3.75. The van der Waals surface area contributed by atoms with Crippen molar-refractivity contribution >= 4 is 0 Å². The van der Waals surface area contributed by atoms with Gasteiger partial charge in [-0.25, -0.2) is 0 Å². The van der Waals surface area contributed by atoms with E-state index in [1.54, 1.807) is 0 Å². The van der Waals surface area contributed by atoms with E-state index in [9.17, 15) is 0 Å². The van der Waals surface area contributed by atoms with Crippen LogP contribution in [0.3, 0.4) is 0 Å². The van der Waals surface area contributed by atoms with Crippen LogP contribution in [0.1, 0.15) is 27.8 Å². The molecule has 0 aliphatic rings. The Labute approximate surface area is 93.1 Å². The predicted octanol–water partition coefficient (Wildman–Crippen LogP) is 2.95. The van der Waals surface area contributed by atoms with E-state index in [-0.39, 0.29) is 31.1 Å². The maximum absolute atomic E-state index is 2.20. The van der Waals surface area contributed by atoms with Crippen LogP contribution in [0.4, 0.5) is 0 Å². The summed E-state index contributed by atoms with van der Waals surface area (Å²) in [4.78, 5) is 0. The van der Waals surface area contributed by atoms with Crippen LogP contribution < -0.4 is 0 Å². The van der Waals surface area contributed by atoms with E-state index in [1.165, 1.54) is 27.8 Å². The van der Waals surface area contributed by atoms with Crippen molar-refractivity contribution in [2.45, 2.75) is 34.6 Å². The topological polar surface area (TPSA) is 0 Å². The van der Waals surface area contributed by atoms with Gasteiger partial charge in [-0.15, -0.1) is 0 Å². The van der Waals surface area contributed by atoms with Gasteiger partial charge in [0.05, 0.1) is 0 Å². The van der Waals surface area contributed by atoms with Gasteiger partial charge >= 0.3 is 0 Å². The largest absolute Gasteiger partial charge is 0.196 e. The smallest absolute Gasteiger partial charge is 0 e. The Morgan fingerprint density at radius 3 is 1.18 bits per heavy atom. The van der Waals surface area contributed by atoms with Gasteiger partial charge in [-0.2, -0.15) is 27.8 Å². The number of hydrogen-bond acceptors (Lipinski definition) is 0. The van der Waals surface area contributed by atoms with E-state index >= 15 is 0 Å². The minimum Gasteiger partial charge on any atom is -0.196 e. The van der Waals surface area contributed by atoms with Gasteiger partial charge in [0.25, 0.3) is 0 Å². The monoisotopic (exact) mass is 373 g/mol. The maximum atomic E-state index is 2.20. The Bertz CT molecular complexity index is 176. The summed E-state index contributed by atoms with van der Waals surface area (Å²) in [6.45, 7) is 11.0. The molecule has 0 aromatic heterocycles. The molecule has 0 radical (unpaired) electrons. The van der Waals surface area contributed by atoms with Gasteiger partial charge in [0.15, 0.2) is 0 Å². The normalized spacial score (nSPS) is 9.55. The van der Waals surface area contributed by atoms with Crippen molar-refractivity contribution in [3.8, 4) is 0 Å². The fourth-order valence-electron chi connectivity index (χ4n) is 1.41. The molecule has 0 spiro atoms. The summed E-state index contributed by atoms with van der Waals surface area (Å²) in [5.74, 6) is 0. The van der Waals surface area contributed by atoms with E-state index in [0.29, 0.717) is 0 Å². The molecule has 11 heavy (non-hydrogen) atoms. The summed E-state index contributed by atoms with van der Waals surface area (Å²) in [7, 11) is 0. The zero-order chi connectivity index (χ0) is 7.89. The van der Waals surface area contributed by atoms with Crippen LogP contribution >= 0.6 is 0 Å². The van der Waals surface area contributed by atoms with Crippen molar-refractivity contribution in [1.29, 1.82) is 0 Å². The Morgan fingerprint density at radius 1 is 0.818 bits per heavy atom. The third kappa shape index (κ3) is 1.76. The zero-order valence-electron chi connectivity index (χ0n) is 8.00. The first kappa shape index (κ1) is 11.4. The van der Waals surface area contributed by atoms with Crippen LogP contribution in [0.15, 0.2) is 0 Å². The first-order chi connectivity index (χ1) is 4.55. The van der Waals surface area contributed by atoms with Crippen LogP contribution in [0.5, 0.6) is 0 Å². The minimum atomic E-state index is 0. The molecule has 0 saturated carbocycles. The van der Waals surface area contributed by atoms with E-state index in [2.05, 4.69) is 34.6 Å². The third-order valence-corrected chi connectivity index (χ3v) is 2.81. The van der Waals surface area contributed by atoms with Gasteiger partial charge in [0, 0.05) is 31.1 Å². The Morgan fingerprint density at radius 2 is 1.09 bits per heavy atom. The molecule has 0 aliphatic heterocycles. The predicted molar refractivity (Wildman–Crippen MR) is 45.7 cm³/mol. The molecule has 0 heterocycles. The SMILES string of the molecule is Cc1c(C)c(C)[c-](C)c1C.[U]. The molecule has 0 saturated heterocycles. The molecular formula is C10H15U-. The zero-order valence-corrected chi connectivity index (χ0v) is 12.2. The van der Waals surface area contributed by atoms with Gasteiger partial charge in [-0.1, -0.05) is 34.6 Å². The fraction of sp³-hybridized carbons (Fsp3) is 0.500. The van der Waals surface area contributed by atoms with Crippen molar-refractivity contribution in [2.75, 3.05) is 0 Å². The summed E-state index contributed by atoms with van der Waals surface area (Å²) < 4.78 is 0. The van der Waals surface area contributed by atoms with Crippen LogP contribution in [-0.4, -0.2) is 0 Å². The molecule has 60 valence electrons. The van der Waals surface area contributed by atoms with Gasteiger partial charge in [0.2, 0.25) is 0 Å². The molecule has 0 N–H and O–H groups in total. The van der Waals surface area contributed by atoms with Crippen LogP contribution in [-0.2, 0) is 0 Å². The quantitative estimate of drug-likeness (QED) is 0.614. The number of hydrogen-bond donors (Lipinski definition) is 0. The van der Waals surface area contributed by atoms with Crippen LogP contribution in [0.2, 0.25) is 0 Å². The Balaban J connectivity index is 0.000001000. The second-order valence-electron chi connectivity index (χ2n) is 3.12. The summed E-state index contributed by atoms with van der Waals surface area (Å²) in [5, 5.41) is 0. The Hall–Kier alpha value is 0.402. The molecule has 1 rings (SSSR count). The second-order valence-corrected chi connectivity index (χ2v) is 3.12. The molecule has 0 aliphatic carbocycles. The molecular weight excluding hydrogens is 358 g/mol.